The molecule has 8 heteroatoms. The number of imidazole rings is 1. The molecule has 0 spiro atoms. The van der Waals surface area contributed by atoms with Crippen LogP contribution >= 0.6 is 23.2 Å². The van der Waals surface area contributed by atoms with Crippen molar-refractivity contribution in [2.24, 2.45) is 0 Å². The minimum atomic E-state index is -0.285. The summed E-state index contributed by atoms with van der Waals surface area (Å²) in [6.07, 6.45) is 4.81. The van der Waals surface area contributed by atoms with Gasteiger partial charge in [0.1, 0.15) is 11.4 Å². The molecule has 2 heterocycles. The van der Waals surface area contributed by atoms with Crippen LogP contribution in [0, 0.1) is 6.92 Å². The highest BCUT2D eigenvalue weighted by Gasteiger charge is 2.17. The quantitative estimate of drug-likeness (QED) is 0.275. The Kier molecular flexibility index (Phi) is 8.19. The smallest absolute Gasteiger partial charge is 0.251 e. The molecule has 0 aliphatic rings. The average molecular weight is 526 g/mol. The number of hydrogen-bond acceptors (Lipinski definition) is 4. The molecule has 188 valence electrons. The van der Waals surface area contributed by atoms with Crippen molar-refractivity contribution >= 4 is 34.8 Å². The van der Waals surface area contributed by atoms with E-state index in [2.05, 4.69) is 5.32 Å². The fourth-order valence-electron chi connectivity index (χ4n) is 4.10. The summed E-state index contributed by atoms with van der Waals surface area (Å²) in [5, 5.41) is 13.5. The van der Waals surface area contributed by atoms with Crippen LogP contribution in [0.2, 0.25) is 10.0 Å². The van der Waals surface area contributed by atoms with E-state index < -0.39 is 0 Å². The number of amides is 1. The molecule has 4 rings (SSSR count). The Balaban J connectivity index is 1.49. The van der Waals surface area contributed by atoms with Gasteiger partial charge in [-0.3, -0.25) is 4.79 Å². The molecule has 0 aliphatic carbocycles. The number of hydrogen-bond donors (Lipinski definition) is 2. The molecular weight excluding hydrogens is 497 g/mol. The number of aliphatic hydroxyl groups excluding tert-OH is 1. The number of carbonyl (C=O) groups is 1. The molecule has 1 atom stereocenters. The van der Waals surface area contributed by atoms with Crippen LogP contribution in [0.1, 0.15) is 41.8 Å². The summed E-state index contributed by atoms with van der Waals surface area (Å²) >= 11 is 12.9. The van der Waals surface area contributed by atoms with E-state index in [1.165, 1.54) is 0 Å². The Morgan fingerprint density at radius 1 is 1.14 bits per heavy atom. The molecule has 0 fully saturated rings. The first kappa shape index (κ1) is 26.0. The molecule has 0 saturated heterocycles. The van der Waals surface area contributed by atoms with Crippen LogP contribution in [0.5, 0.6) is 5.75 Å². The monoisotopic (exact) mass is 525 g/mol. The minimum Gasteiger partial charge on any atom is -0.489 e. The number of ether oxygens (including phenoxy) is 1. The summed E-state index contributed by atoms with van der Waals surface area (Å²) in [6, 6.07) is 14.5. The summed E-state index contributed by atoms with van der Waals surface area (Å²) in [5.74, 6) is 0.264. The van der Waals surface area contributed by atoms with E-state index in [-0.39, 0.29) is 24.7 Å². The van der Waals surface area contributed by atoms with Gasteiger partial charge in [0.05, 0.1) is 21.8 Å². The maximum atomic E-state index is 12.9. The molecule has 36 heavy (non-hydrogen) atoms. The number of rotatable bonds is 9. The van der Waals surface area contributed by atoms with Crippen LogP contribution in [-0.4, -0.2) is 39.2 Å². The standard InChI is InChI=1S/C28H29Cl2N3O3/c1-17(2)36-26-9-7-20(15-24(26)30)28(35)31-21(10-12-34)13-19-6-8-22(23(29)14-19)25-16-33-11-4-5-18(3)27(33)32-25/h4-9,11,14-17,21,34H,10,12-13H2,1-3H3,(H,31,35)/t21-/m1/s1. The van der Waals surface area contributed by atoms with Gasteiger partial charge in [-0.1, -0.05) is 41.4 Å². The SMILES string of the molecule is Cc1cccn2cc(-c3ccc(C[C@@H](CCO)NC(=O)c4ccc(OC(C)C)c(Cl)c4)cc3Cl)nc12. The van der Waals surface area contributed by atoms with Gasteiger partial charge in [0.15, 0.2) is 0 Å². The number of benzene rings is 2. The minimum absolute atomic E-state index is 0.0221. The Hall–Kier alpha value is -3.06. The summed E-state index contributed by atoms with van der Waals surface area (Å²) < 4.78 is 7.62. The molecule has 0 bridgehead atoms. The van der Waals surface area contributed by atoms with E-state index in [0.717, 1.165) is 28.0 Å². The molecule has 6 nitrogen and oxygen atoms in total. The topological polar surface area (TPSA) is 75.9 Å². The molecule has 0 saturated carbocycles. The van der Waals surface area contributed by atoms with Crippen molar-refractivity contribution in [1.29, 1.82) is 0 Å². The summed E-state index contributed by atoms with van der Waals surface area (Å²) in [6.45, 7) is 5.79. The number of aliphatic hydroxyl groups is 1. The second-order valence-electron chi connectivity index (χ2n) is 9.06. The van der Waals surface area contributed by atoms with Gasteiger partial charge in [-0.15, -0.1) is 0 Å². The lowest BCUT2D eigenvalue weighted by molar-refractivity contribution is 0.0930. The molecule has 1 amide bonds. The summed E-state index contributed by atoms with van der Waals surface area (Å²) in [4.78, 5) is 17.6. The highest BCUT2D eigenvalue weighted by atomic mass is 35.5. The molecular formula is C28H29Cl2N3O3. The van der Waals surface area contributed by atoms with Crippen molar-refractivity contribution in [3.63, 3.8) is 0 Å². The van der Waals surface area contributed by atoms with E-state index >= 15 is 0 Å². The lowest BCUT2D eigenvalue weighted by Gasteiger charge is -2.19. The van der Waals surface area contributed by atoms with Crippen LogP contribution in [0.25, 0.3) is 16.9 Å². The average Bonchev–Trinajstić information content (AvgIpc) is 3.26. The maximum Gasteiger partial charge on any atom is 0.251 e. The predicted octanol–water partition coefficient (Wildman–Crippen LogP) is 6.13. The van der Waals surface area contributed by atoms with E-state index in [9.17, 15) is 9.90 Å². The largest absolute Gasteiger partial charge is 0.489 e. The third kappa shape index (κ3) is 6.01. The fraction of sp³-hybridized carbons (Fsp3) is 0.286. The van der Waals surface area contributed by atoms with Crippen molar-refractivity contribution in [2.75, 3.05) is 6.61 Å². The van der Waals surface area contributed by atoms with Crippen LogP contribution in [0.3, 0.4) is 0 Å². The number of fused-ring (bicyclic) bond motifs is 1. The molecule has 0 radical (unpaired) electrons. The molecule has 4 aromatic rings. The number of aromatic nitrogens is 2. The summed E-state index contributed by atoms with van der Waals surface area (Å²) in [5.41, 5.74) is 4.98. The van der Waals surface area contributed by atoms with Gasteiger partial charge < -0.3 is 19.6 Å². The normalized spacial score (nSPS) is 12.2. The number of aryl methyl sites for hydroxylation is 1. The first-order chi connectivity index (χ1) is 17.2. The Bertz CT molecular complexity index is 1380. The van der Waals surface area contributed by atoms with E-state index in [1.807, 2.05) is 67.9 Å². The van der Waals surface area contributed by atoms with Gasteiger partial charge in [-0.25, -0.2) is 4.98 Å². The lowest BCUT2D eigenvalue weighted by Crippen LogP contribution is -2.37. The molecule has 2 aromatic heterocycles. The van der Waals surface area contributed by atoms with Crippen LogP contribution in [0.15, 0.2) is 60.9 Å². The second-order valence-corrected chi connectivity index (χ2v) is 9.88. The van der Waals surface area contributed by atoms with Crippen molar-refractivity contribution in [3.05, 3.63) is 87.7 Å². The number of pyridine rings is 1. The molecule has 2 N–H and O–H groups in total. The Labute approximate surface area is 220 Å². The second kappa shape index (κ2) is 11.3. The van der Waals surface area contributed by atoms with Gasteiger partial charge in [0.2, 0.25) is 0 Å². The van der Waals surface area contributed by atoms with Gasteiger partial charge in [-0.05, 0) is 75.1 Å². The van der Waals surface area contributed by atoms with Crippen molar-refractivity contribution in [2.45, 2.75) is 45.8 Å². The third-order valence-corrected chi connectivity index (χ3v) is 6.45. The fourth-order valence-corrected chi connectivity index (χ4v) is 4.63. The van der Waals surface area contributed by atoms with Crippen LogP contribution < -0.4 is 10.1 Å². The van der Waals surface area contributed by atoms with Gasteiger partial charge in [-0.2, -0.15) is 0 Å². The van der Waals surface area contributed by atoms with Crippen LogP contribution in [0.4, 0.5) is 0 Å². The number of nitrogens with zero attached hydrogens (tertiary/aromatic N) is 2. The van der Waals surface area contributed by atoms with Crippen molar-refractivity contribution < 1.29 is 14.6 Å². The highest BCUT2D eigenvalue weighted by molar-refractivity contribution is 6.33. The highest BCUT2D eigenvalue weighted by Crippen LogP contribution is 2.30. The van der Waals surface area contributed by atoms with Crippen LogP contribution in [-0.2, 0) is 6.42 Å². The number of nitrogens with one attached hydrogen (secondary N) is 1. The Morgan fingerprint density at radius 3 is 2.61 bits per heavy atom. The Morgan fingerprint density at radius 2 is 1.94 bits per heavy atom. The number of halogens is 2. The first-order valence-electron chi connectivity index (χ1n) is 11.9. The first-order valence-corrected chi connectivity index (χ1v) is 12.6. The molecule has 0 unspecified atom stereocenters. The van der Waals surface area contributed by atoms with E-state index in [1.54, 1.807) is 18.2 Å². The van der Waals surface area contributed by atoms with E-state index in [4.69, 9.17) is 32.9 Å². The van der Waals surface area contributed by atoms with E-state index in [0.29, 0.717) is 34.2 Å². The maximum absolute atomic E-state index is 12.9. The molecule has 0 aliphatic heterocycles. The third-order valence-electron chi connectivity index (χ3n) is 5.84. The number of carbonyl (C=O) groups excluding carboxylic acids is 1. The lowest BCUT2D eigenvalue weighted by atomic mass is 10.0. The van der Waals surface area contributed by atoms with Crippen molar-refractivity contribution in [3.8, 4) is 17.0 Å². The van der Waals surface area contributed by atoms with Gasteiger partial charge in [0, 0.05) is 36.2 Å². The van der Waals surface area contributed by atoms with Gasteiger partial charge >= 0.3 is 0 Å². The zero-order valence-electron chi connectivity index (χ0n) is 20.5. The molecule has 2 aromatic carbocycles. The van der Waals surface area contributed by atoms with Gasteiger partial charge in [0.25, 0.3) is 5.91 Å². The van der Waals surface area contributed by atoms with Crippen molar-refractivity contribution in [1.82, 2.24) is 14.7 Å². The summed E-state index contributed by atoms with van der Waals surface area (Å²) in [7, 11) is 0. The zero-order chi connectivity index (χ0) is 25.8. The predicted molar refractivity (Wildman–Crippen MR) is 144 cm³/mol. The zero-order valence-corrected chi connectivity index (χ0v) is 22.0.